The molecule has 1 atom stereocenters. The molecule has 3 rings (SSSR count). The minimum atomic E-state index is -0.482. The largest absolute Gasteiger partial charge is 0.319 e. The second-order valence-corrected chi connectivity index (χ2v) is 7.18. The van der Waals surface area contributed by atoms with Gasteiger partial charge in [-0.25, -0.2) is 0 Å². The Bertz CT molecular complexity index is 847. The average Bonchev–Trinajstić information content (AvgIpc) is 2.70. The number of nitro benzene ring substituents is 1. The molecule has 28 heavy (non-hydrogen) atoms. The molecule has 1 amide bonds. The minimum Gasteiger partial charge on any atom is -0.319 e. The van der Waals surface area contributed by atoms with Crippen LogP contribution in [-0.4, -0.2) is 52.9 Å². The lowest BCUT2D eigenvalue weighted by Gasteiger charge is -2.37. The molecule has 0 aliphatic carbocycles. The summed E-state index contributed by atoms with van der Waals surface area (Å²) in [6.07, 6.45) is 0. The van der Waals surface area contributed by atoms with Crippen LogP contribution in [0.4, 0.5) is 11.4 Å². The highest BCUT2D eigenvalue weighted by Gasteiger charge is 2.27. The van der Waals surface area contributed by atoms with Gasteiger partial charge in [-0.15, -0.1) is 0 Å². The molecule has 2 aromatic carbocycles. The van der Waals surface area contributed by atoms with E-state index in [0.29, 0.717) is 0 Å². The van der Waals surface area contributed by atoms with Gasteiger partial charge in [-0.3, -0.25) is 24.7 Å². The molecule has 0 unspecified atom stereocenters. The van der Waals surface area contributed by atoms with Gasteiger partial charge in [0.05, 0.1) is 11.0 Å². The normalized spacial score (nSPS) is 16.5. The molecule has 148 valence electrons. The Morgan fingerprint density at radius 2 is 1.75 bits per heavy atom. The van der Waals surface area contributed by atoms with Crippen molar-refractivity contribution in [1.29, 1.82) is 0 Å². The molecule has 7 heteroatoms. The van der Waals surface area contributed by atoms with E-state index in [9.17, 15) is 14.9 Å². The van der Waals surface area contributed by atoms with Gasteiger partial charge in [-0.1, -0.05) is 36.4 Å². The van der Waals surface area contributed by atoms with Gasteiger partial charge in [0.25, 0.3) is 5.69 Å². The summed E-state index contributed by atoms with van der Waals surface area (Å²) in [4.78, 5) is 27.8. The third kappa shape index (κ3) is 4.74. The van der Waals surface area contributed by atoms with E-state index in [4.69, 9.17) is 0 Å². The Kier molecular flexibility index (Phi) is 6.38. The number of anilines is 1. The topological polar surface area (TPSA) is 78.7 Å². The number of hydrogen-bond acceptors (Lipinski definition) is 5. The molecular formula is C21H26N4O3. The SMILES string of the molecule is Cc1ccccc1CN1CCN([C@H](C)C(=O)Nc2ccccc2[N+](=O)[O-])CC1. The molecule has 7 nitrogen and oxygen atoms in total. The quantitative estimate of drug-likeness (QED) is 0.614. The predicted molar refractivity (Wildman–Crippen MR) is 109 cm³/mol. The Labute approximate surface area is 165 Å². The Morgan fingerprint density at radius 1 is 1.11 bits per heavy atom. The van der Waals surface area contributed by atoms with Gasteiger partial charge in [0.1, 0.15) is 5.69 Å². The first-order chi connectivity index (χ1) is 13.5. The van der Waals surface area contributed by atoms with E-state index in [-0.39, 0.29) is 23.3 Å². The van der Waals surface area contributed by atoms with E-state index in [0.717, 1.165) is 32.7 Å². The molecule has 0 radical (unpaired) electrons. The Morgan fingerprint density at radius 3 is 2.43 bits per heavy atom. The number of nitrogens with one attached hydrogen (secondary N) is 1. The van der Waals surface area contributed by atoms with Gasteiger partial charge in [0, 0.05) is 38.8 Å². The molecule has 1 N–H and O–H groups in total. The molecule has 2 aromatic rings. The van der Waals surface area contributed by atoms with E-state index in [1.165, 1.54) is 17.2 Å². The zero-order valence-corrected chi connectivity index (χ0v) is 16.3. The van der Waals surface area contributed by atoms with Crippen molar-refractivity contribution in [2.75, 3.05) is 31.5 Å². The lowest BCUT2D eigenvalue weighted by atomic mass is 10.1. The fraction of sp³-hybridized carbons (Fsp3) is 0.381. The minimum absolute atomic E-state index is 0.0916. The zero-order valence-electron chi connectivity index (χ0n) is 16.3. The highest BCUT2D eigenvalue weighted by molar-refractivity contribution is 5.96. The van der Waals surface area contributed by atoms with Crippen molar-refractivity contribution in [3.05, 3.63) is 69.8 Å². The summed E-state index contributed by atoms with van der Waals surface area (Å²) >= 11 is 0. The van der Waals surface area contributed by atoms with Crippen LogP contribution in [0.25, 0.3) is 0 Å². The monoisotopic (exact) mass is 382 g/mol. The number of carbonyl (C=O) groups is 1. The summed E-state index contributed by atoms with van der Waals surface area (Å²) in [6.45, 7) is 8.24. The number of nitrogens with zero attached hydrogens (tertiary/aromatic N) is 3. The summed E-state index contributed by atoms with van der Waals surface area (Å²) in [5.41, 5.74) is 2.77. The van der Waals surface area contributed by atoms with Crippen LogP contribution in [0.15, 0.2) is 48.5 Å². The third-order valence-corrected chi connectivity index (χ3v) is 5.35. The number of benzene rings is 2. The first-order valence-corrected chi connectivity index (χ1v) is 9.51. The summed E-state index contributed by atoms with van der Waals surface area (Å²) in [6, 6.07) is 14.3. The number of para-hydroxylation sites is 2. The van der Waals surface area contributed by atoms with Gasteiger partial charge >= 0.3 is 0 Å². The van der Waals surface area contributed by atoms with Crippen LogP contribution in [0.1, 0.15) is 18.1 Å². The van der Waals surface area contributed by atoms with Crippen LogP contribution in [0, 0.1) is 17.0 Å². The van der Waals surface area contributed by atoms with Crippen molar-refractivity contribution in [1.82, 2.24) is 9.80 Å². The van der Waals surface area contributed by atoms with Gasteiger partial charge in [-0.05, 0) is 31.0 Å². The smallest absolute Gasteiger partial charge is 0.292 e. The number of piperazine rings is 1. The third-order valence-electron chi connectivity index (χ3n) is 5.35. The molecule has 1 aliphatic heterocycles. The first kappa shape index (κ1) is 20.0. The summed E-state index contributed by atoms with van der Waals surface area (Å²) in [5, 5.41) is 13.8. The molecule has 0 spiro atoms. The van der Waals surface area contributed by atoms with Crippen LogP contribution in [0.2, 0.25) is 0 Å². The molecule has 1 saturated heterocycles. The van der Waals surface area contributed by atoms with Crippen molar-refractivity contribution < 1.29 is 9.72 Å². The maximum atomic E-state index is 12.6. The molecule has 0 saturated carbocycles. The highest BCUT2D eigenvalue weighted by Crippen LogP contribution is 2.23. The van der Waals surface area contributed by atoms with Crippen molar-refractivity contribution in [2.45, 2.75) is 26.4 Å². The molecule has 1 fully saturated rings. The number of carbonyl (C=O) groups excluding carboxylic acids is 1. The van der Waals surface area contributed by atoms with Crippen LogP contribution < -0.4 is 5.32 Å². The predicted octanol–water partition coefficient (Wildman–Crippen LogP) is 3.05. The van der Waals surface area contributed by atoms with Gasteiger partial charge < -0.3 is 5.32 Å². The summed E-state index contributed by atoms with van der Waals surface area (Å²) < 4.78 is 0. The van der Waals surface area contributed by atoms with Crippen LogP contribution in [0.5, 0.6) is 0 Å². The van der Waals surface area contributed by atoms with Crippen molar-refractivity contribution in [2.24, 2.45) is 0 Å². The Hall–Kier alpha value is -2.77. The first-order valence-electron chi connectivity index (χ1n) is 9.51. The van der Waals surface area contributed by atoms with Gasteiger partial charge in [0.2, 0.25) is 5.91 Å². The number of aryl methyl sites for hydroxylation is 1. The number of amides is 1. The number of hydrogen-bond donors (Lipinski definition) is 1. The number of rotatable bonds is 6. The van der Waals surface area contributed by atoms with Crippen molar-refractivity contribution >= 4 is 17.3 Å². The van der Waals surface area contributed by atoms with E-state index < -0.39 is 4.92 Å². The fourth-order valence-corrected chi connectivity index (χ4v) is 3.48. The molecule has 0 bridgehead atoms. The highest BCUT2D eigenvalue weighted by atomic mass is 16.6. The molecular weight excluding hydrogens is 356 g/mol. The number of nitro groups is 1. The van der Waals surface area contributed by atoms with Crippen LogP contribution >= 0.6 is 0 Å². The van der Waals surface area contributed by atoms with Crippen LogP contribution in [-0.2, 0) is 11.3 Å². The zero-order chi connectivity index (χ0) is 20.1. The lowest BCUT2D eigenvalue weighted by Crippen LogP contribution is -2.52. The lowest BCUT2D eigenvalue weighted by molar-refractivity contribution is -0.383. The fourth-order valence-electron chi connectivity index (χ4n) is 3.48. The second-order valence-electron chi connectivity index (χ2n) is 7.18. The molecule has 1 heterocycles. The van der Waals surface area contributed by atoms with Crippen LogP contribution in [0.3, 0.4) is 0 Å². The van der Waals surface area contributed by atoms with E-state index in [1.54, 1.807) is 18.2 Å². The van der Waals surface area contributed by atoms with Crippen molar-refractivity contribution in [3.8, 4) is 0 Å². The van der Waals surface area contributed by atoms with E-state index in [1.807, 2.05) is 13.0 Å². The maximum absolute atomic E-state index is 12.6. The maximum Gasteiger partial charge on any atom is 0.292 e. The van der Waals surface area contributed by atoms with E-state index in [2.05, 4.69) is 40.2 Å². The molecule has 1 aliphatic rings. The Balaban J connectivity index is 1.55. The van der Waals surface area contributed by atoms with E-state index >= 15 is 0 Å². The molecule has 0 aromatic heterocycles. The summed E-state index contributed by atoms with van der Waals surface area (Å²) in [7, 11) is 0. The van der Waals surface area contributed by atoms with Gasteiger partial charge in [-0.2, -0.15) is 0 Å². The van der Waals surface area contributed by atoms with Crippen molar-refractivity contribution in [3.63, 3.8) is 0 Å². The second kappa shape index (κ2) is 8.95. The van der Waals surface area contributed by atoms with Gasteiger partial charge in [0.15, 0.2) is 0 Å². The summed E-state index contributed by atoms with van der Waals surface area (Å²) in [5.74, 6) is -0.221. The standard InChI is InChI=1S/C21H26N4O3/c1-16-7-3-4-8-18(16)15-23-11-13-24(14-12-23)17(2)21(26)22-19-9-5-6-10-20(19)25(27)28/h3-10,17H,11-15H2,1-2H3,(H,22,26)/t17-/m1/s1. The average molecular weight is 382 g/mol.